The molecule has 0 aromatic rings. The van der Waals surface area contributed by atoms with Crippen molar-refractivity contribution in [3.8, 4) is 0 Å². The monoisotopic (exact) mass is 483 g/mol. The first-order chi connectivity index (χ1) is 16.4. The number of fused-ring (bicyclic) bond motifs is 5. The van der Waals surface area contributed by atoms with E-state index in [-0.39, 0.29) is 23.4 Å². The Kier molecular flexibility index (Phi) is 7.10. The molecule has 4 rings (SSSR count). The third-order valence-electron chi connectivity index (χ3n) is 11.5. The van der Waals surface area contributed by atoms with E-state index in [9.17, 15) is 9.59 Å². The molecule has 0 heterocycles. The van der Waals surface area contributed by atoms with Crippen LogP contribution in [-0.4, -0.2) is 18.0 Å². The van der Waals surface area contributed by atoms with Crippen LogP contribution in [-0.2, 0) is 14.3 Å². The number of allylic oxidation sites excluding steroid dienone is 4. The van der Waals surface area contributed by atoms with Crippen molar-refractivity contribution >= 4 is 11.9 Å². The number of hydrogen-bond donors (Lipinski definition) is 1. The number of esters is 1. The Bertz CT molecular complexity index is 905. The van der Waals surface area contributed by atoms with Gasteiger partial charge < -0.3 is 10.5 Å². The van der Waals surface area contributed by atoms with Crippen molar-refractivity contribution < 1.29 is 14.3 Å². The zero-order chi connectivity index (χ0) is 25.8. The van der Waals surface area contributed by atoms with Gasteiger partial charge >= 0.3 is 5.97 Å². The molecule has 9 atom stereocenters. The zero-order valence-electron chi connectivity index (χ0n) is 23.2. The minimum Gasteiger partial charge on any atom is -0.463 e. The quantitative estimate of drug-likeness (QED) is 0.332. The normalized spacial score (nSPS) is 42.6. The lowest BCUT2D eigenvalue weighted by molar-refractivity contribution is -0.169. The van der Waals surface area contributed by atoms with Crippen molar-refractivity contribution in [3.05, 3.63) is 23.8 Å². The average molecular weight is 484 g/mol. The number of nitrogens with two attached hydrogens (primary N) is 1. The van der Waals surface area contributed by atoms with Crippen molar-refractivity contribution in [1.29, 1.82) is 0 Å². The van der Waals surface area contributed by atoms with E-state index in [1.54, 1.807) is 5.57 Å². The van der Waals surface area contributed by atoms with E-state index in [0.717, 1.165) is 19.3 Å². The molecule has 0 aromatic heterocycles. The fourth-order valence-corrected chi connectivity index (χ4v) is 8.94. The predicted molar refractivity (Wildman–Crippen MR) is 141 cm³/mol. The molecule has 0 bridgehead atoms. The molecular formula is C31H49NO3. The van der Waals surface area contributed by atoms with Gasteiger partial charge in [-0.2, -0.15) is 0 Å². The second-order valence-electron chi connectivity index (χ2n) is 13.4. The van der Waals surface area contributed by atoms with Gasteiger partial charge in [0.2, 0.25) is 5.91 Å². The largest absolute Gasteiger partial charge is 0.463 e. The van der Waals surface area contributed by atoms with Crippen LogP contribution in [0, 0.1) is 51.8 Å². The number of carbonyl (C=O) groups excluding carboxylic acids is 2. The summed E-state index contributed by atoms with van der Waals surface area (Å²) in [7, 11) is 0. The second-order valence-corrected chi connectivity index (χ2v) is 13.4. The van der Waals surface area contributed by atoms with E-state index in [2.05, 4.69) is 59.8 Å². The number of carbonyl (C=O) groups is 2. The molecule has 0 spiro atoms. The fraction of sp³-hybridized carbons (Fsp3) is 0.806. The van der Waals surface area contributed by atoms with Gasteiger partial charge in [-0.3, -0.25) is 9.59 Å². The standard InChI is InChI=1S/C31H49NO3/c1-19(2)20(3)8-9-21(4)25-10-11-26-24-13-17-31(28(32)34)18-23(35-22(5)33)12-16-30(31,7)27(24)14-15-29(25,26)6/h8-9,13,19-21,23,25-27H,10-12,14-18H2,1-7H3,(H2,32,34)/b9-8+/t20-,21+,23-,25+,26-,27?,29+,30+,31-/m0/s1. The van der Waals surface area contributed by atoms with Crippen LogP contribution in [0.4, 0.5) is 0 Å². The van der Waals surface area contributed by atoms with Crippen LogP contribution in [0.25, 0.3) is 0 Å². The number of primary amides is 1. The van der Waals surface area contributed by atoms with E-state index in [0.29, 0.717) is 53.8 Å². The zero-order valence-corrected chi connectivity index (χ0v) is 23.2. The summed E-state index contributed by atoms with van der Waals surface area (Å²) in [5, 5.41) is 0. The first-order valence-electron chi connectivity index (χ1n) is 14.2. The van der Waals surface area contributed by atoms with Gasteiger partial charge in [0.25, 0.3) is 0 Å². The summed E-state index contributed by atoms with van der Waals surface area (Å²) in [6.45, 7) is 15.7. The Morgan fingerprint density at radius 3 is 2.37 bits per heavy atom. The van der Waals surface area contributed by atoms with Crippen molar-refractivity contribution in [2.24, 2.45) is 57.5 Å². The van der Waals surface area contributed by atoms with E-state index < -0.39 is 5.41 Å². The fourth-order valence-electron chi connectivity index (χ4n) is 8.94. The van der Waals surface area contributed by atoms with Crippen LogP contribution in [0.2, 0.25) is 0 Å². The molecule has 1 amide bonds. The molecule has 4 aliphatic carbocycles. The second kappa shape index (κ2) is 9.38. The maximum Gasteiger partial charge on any atom is 0.302 e. The lowest BCUT2D eigenvalue weighted by atomic mass is 9.42. The van der Waals surface area contributed by atoms with E-state index in [1.165, 1.54) is 26.2 Å². The lowest BCUT2D eigenvalue weighted by Gasteiger charge is -2.61. The summed E-state index contributed by atoms with van der Waals surface area (Å²) in [6.07, 6.45) is 15.1. The molecule has 4 nitrogen and oxygen atoms in total. The first kappa shape index (κ1) is 26.5. The first-order valence-corrected chi connectivity index (χ1v) is 14.2. The van der Waals surface area contributed by atoms with Gasteiger partial charge in [-0.25, -0.2) is 0 Å². The van der Waals surface area contributed by atoms with Gasteiger partial charge in [0.05, 0.1) is 5.41 Å². The summed E-state index contributed by atoms with van der Waals surface area (Å²) >= 11 is 0. The van der Waals surface area contributed by atoms with Gasteiger partial charge in [-0.05, 0) is 97.7 Å². The van der Waals surface area contributed by atoms with E-state index in [1.807, 2.05) is 0 Å². The molecular weight excluding hydrogens is 434 g/mol. The Hall–Kier alpha value is -1.58. The minimum atomic E-state index is -0.617. The van der Waals surface area contributed by atoms with Crippen molar-refractivity contribution in [3.63, 3.8) is 0 Å². The predicted octanol–water partition coefficient (Wildman–Crippen LogP) is 6.84. The van der Waals surface area contributed by atoms with Crippen LogP contribution in [0.3, 0.4) is 0 Å². The van der Waals surface area contributed by atoms with Gasteiger partial charge in [0.1, 0.15) is 6.10 Å². The summed E-state index contributed by atoms with van der Waals surface area (Å²) < 4.78 is 5.60. The molecule has 196 valence electrons. The highest BCUT2D eigenvalue weighted by Gasteiger charge is 2.64. The molecule has 3 saturated carbocycles. The number of ether oxygens (including phenoxy) is 1. The number of amides is 1. The maximum atomic E-state index is 13.1. The van der Waals surface area contributed by atoms with Crippen molar-refractivity contribution in [2.75, 3.05) is 0 Å². The molecule has 3 fully saturated rings. The van der Waals surface area contributed by atoms with Gasteiger partial charge in [0.15, 0.2) is 0 Å². The molecule has 4 heteroatoms. The third kappa shape index (κ3) is 4.21. The highest BCUT2D eigenvalue weighted by Crippen LogP contribution is 2.69. The highest BCUT2D eigenvalue weighted by molar-refractivity contribution is 5.83. The van der Waals surface area contributed by atoms with Crippen molar-refractivity contribution in [2.45, 2.75) is 106 Å². The Balaban J connectivity index is 1.61. The molecule has 0 aliphatic heterocycles. The SMILES string of the molecule is CC(=O)O[C@H]1CC[C@]2(C)C3CC[C@]4(C)[C@@H]([C@H](C)/C=C/[C@H](C)C(C)C)CC[C@H]4C3=CC[C@@]2(C(N)=O)C1. The Morgan fingerprint density at radius 1 is 1.03 bits per heavy atom. The van der Waals surface area contributed by atoms with Crippen LogP contribution in [0.5, 0.6) is 0 Å². The third-order valence-corrected chi connectivity index (χ3v) is 11.5. The highest BCUT2D eigenvalue weighted by atomic mass is 16.5. The average Bonchev–Trinajstić information content (AvgIpc) is 3.14. The molecule has 4 aliphatic rings. The number of hydrogen-bond acceptors (Lipinski definition) is 3. The molecule has 1 unspecified atom stereocenters. The molecule has 35 heavy (non-hydrogen) atoms. The van der Waals surface area contributed by atoms with E-state index >= 15 is 0 Å². The van der Waals surface area contributed by atoms with Gasteiger partial charge in [-0.15, -0.1) is 0 Å². The minimum absolute atomic E-state index is 0.156. The molecule has 2 N–H and O–H groups in total. The molecule has 0 saturated heterocycles. The summed E-state index contributed by atoms with van der Waals surface area (Å²) in [5.74, 6) is 3.14. The van der Waals surface area contributed by atoms with Crippen LogP contribution in [0.15, 0.2) is 23.8 Å². The summed E-state index contributed by atoms with van der Waals surface area (Å²) in [5.41, 5.74) is 7.35. The smallest absolute Gasteiger partial charge is 0.302 e. The summed E-state index contributed by atoms with van der Waals surface area (Å²) in [6, 6.07) is 0. The van der Waals surface area contributed by atoms with Crippen LogP contribution >= 0.6 is 0 Å². The summed E-state index contributed by atoms with van der Waals surface area (Å²) in [4.78, 5) is 24.7. The Labute approximate surface area is 213 Å². The Morgan fingerprint density at radius 2 is 1.74 bits per heavy atom. The molecule has 0 aromatic carbocycles. The lowest BCUT2D eigenvalue weighted by Crippen LogP contribution is -2.60. The van der Waals surface area contributed by atoms with Gasteiger partial charge in [-0.1, -0.05) is 65.3 Å². The van der Waals surface area contributed by atoms with E-state index in [4.69, 9.17) is 10.5 Å². The van der Waals surface area contributed by atoms with Crippen LogP contribution < -0.4 is 5.73 Å². The number of rotatable bonds is 6. The van der Waals surface area contributed by atoms with Crippen LogP contribution in [0.1, 0.15) is 99.8 Å². The maximum absolute atomic E-state index is 13.1. The topological polar surface area (TPSA) is 69.4 Å². The molecule has 0 radical (unpaired) electrons. The van der Waals surface area contributed by atoms with Gasteiger partial charge in [0, 0.05) is 6.92 Å². The van der Waals surface area contributed by atoms with Crippen molar-refractivity contribution in [1.82, 2.24) is 0 Å².